The number of benzene rings is 2. The van der Waals surface area contributed by atoms with Gasteiger partial charge in [-0.2, -0.15) is 0 Å². The van der Waals surface area contributed by atoms with Crippen LogP contribution in [0.15, 0.2) is 36.4 Å². The topological polar surface area (TPSA) is 41.6 Å². The minimum Gasteiger partial charge on any atom is -0.496 e. The second-order valence-corrected chi connectivity index (χ2v) is 9.04. The van der Waals surface area contributed by atoms with E-state index < -0.39 is 0 Å². The summed E-state index contributed by atoms with van der Waals surface area (Å²) in [5, 5.41) is 3.25. The maximum atomic E-state index is 13.2. The van der Waals surface area contributed by atoms with E-state index in [4.69, 9.17) is 4.74 Å². The minimum atomic E-state index is -0.219. The molecule has 3 rings (SSSR count). The normalized spacial score (nSPS) is 18.1. The Bertz CT molecular complexity index is 895. The van der Waals surface area contributed by atoms with E-state index in [9.17, 15) is 9.18 Å². The maximum absolute atomic E-state index is 13.2. The highest BCUT2D eigenvalue weighted by Gasteiger charge is 2.27. The third-order valence-corrected chi connectivity index (χ3v) is 6.26. The van der Waals surface area contributed by atoms with Gasteiger partial charge in [0, 0.05) is 13.1 Å². The first-order chi connectivity index (χ1) is 14.8. The summed E-state index contributed by atoms with van der Waals surface area (Å²) in [6, 6.07) is 10.8. The molecule has 2 aromatic rings. The molecule has 1 amide bonds. The van der Waals surface area contributed by atoms with Crippen molar-refractivity contribution in [1.29, 1.82) is 0 Å². The number of piperidine rings is 1. The number of nitrogens with zero attached hydrogens (tertiary/aromatic N) is 1. The van der Waals surface area contributed by atoms with Crippen LogP contribution in [-0.2, 0) is 11.3 Å². The van der Waals surface area contributed by atoms with Gasteiger partial charge in [-0.1, -0.05) is 26.0 Å². The van der Waals surface area contributed by atoms with E-state index in [2.05, 4.69) is 50.0 Å². The van der Waals surface area contributed by atoms with Crippen molar-refractivity contribution in [3.8, 4) is 5.75 Å². The molecule has 0 radical (unpaired) electrons. The summed E-state index contributed by atoms with van der Waals surface area (Å²) < 4.78 is 18.7. The van der Waals surface area contributed by atoms with Crippen LogP contribution in [0.1, 0.15) is 67.8 Å². The molecule has 0 spiro atoms. The number of ether oxygens (including phenoxy) is 1. The van der Waals surface area contributed by atoms with Crippen molar-refractivity contribution in [2.24, 2.45) is 5.92 Å². The van der Waals surface area contributed by atoms with E-state index in [-0.39, 0.29) is 23.7 Å². The largest absolute Gasteiger partial charge is 0.496 e. The van der Waals surface area contributed by atoms with Crippen molar-refractivity contribution in [2.45, 2.75) is 59.0 Å². The summed E-state index contributed by atoms with van der Waals surface area (Å²) in [7, 11) is 1.70. The zero-order chi connectivity index (χ0) is 22.5. The van der Waals surface area contributed by atoms with E-state index in [1.165, 1.54) is 12.1 Å². The summed E-state index contributed by atoms with van der Waals surface area (Å²) in [6.07, 6.45) is 1.89. The van der Waals surface area contributed by atoms with Crippen LogP contribution in [0.5, 0.6) is 5.75 Å². The first kappa shape index (κ1) is 23.3. The van der Waals surface area contributed by atoms with Crippen molar-refractivity contribution in [3.05, 3.63) is 64.5 Å². The van der Waals surface area contributed by atoms with Gasteiger partial charge in [-0.3, -0.25) is 9.69 Å². The molecule has 0 saturated carbocycles. The van der Waals surface area contributed by atoms with Gasteiger partial charge in [0.05, 0.1) is 19.1 Å². The molecule has 1 N–H and O–H groups in total. The number of likely N-dealkylation sites (tertiary alicyclic amines) is 1. The number of hydrogen-bond acceptors (Lipinski definition) is 3. The highest BCUT2D eigenvalue weighted by Crippen LogP contribution is 2.32. The summed E-state index contributed by atoms with van der Waals surface area (Å²) >= 11 is 0. The number of aryl methyl sites for hydroxylation is 1. The molecule has 1 fully saturated rings. The Labute approximate surface area is 185 Å². The van der Waals surface area contributed by atoms with Crippen LogP contribution in [0, 0.1) is 18.7 Å². The standard InChI is InChI=1S/C26H35FN2O2/c1-17(2)23-14-24(18(3)13-25(23)31-5)19(4)28-26(30)21-7-6-12-29(16-21)15-20-8-10-22(27)11-9-20/h8-11,13-14,17,19,21H,6-7,12,15-16H2,1-5H3,(H,28,30). The number of halogens is 1. The Morgan fingerprint density at radius 1 is 1.19 bits per heavy atom. The molecule has 1 aliphatic heterocycles. The van der Waals surface area contributed by atoms with Crippen LogP contribution in [0.2, 0.25) is 0 Å². The third kappa shape index (κ3) is 5.85. The lowest BCUT2D eigenvalue weighted by Gasteiger charge is -2.33. The van der Waals surface area contributed by atoms with Crippen LogP contribution in [0.3, 0.4) is 0 Å². The van der Waals surface area contributed by atoms with Crippen molar-refractivity contribution in [2.75, 3.05) is 20.2 Å². The van der Waals surface area contributed by atoms with Crippen molar-refractivity contribution in [1.82, 2.24) is 10.2 Å². The number of amides is 1. The molecule has 1 aliphatic rings. The SMILES string of the molecule is COc1cc(C)c(C(C)NC(=O)C2CCCN(Cc3ccc(F)cc3)C2)cc1C(C)C. The smallest absolute Gasteiger partial charge is 0.224 e. The Balaban J connectivity index is 1.65. The van der Waals surface area contributed by atoms with E-state index >= 15 is 0 Å². The molecule has 2 aromatic carbocycles. The average molecular weight is 427 g/mol. The number of hydrogen-bond donors (Lipinski definition) is 1. The number of methoxy groups -OCH3 is 1. The van der Waals surface area contributed by atoms with Crippen LogP contribution in [0.25, 0.3) is 0 Å². The number of nitrogens with one attached hydrogen (secondary N) is 1. The van der Waals surface area contributed by atoms with Gasteiger partial charge in [-0.05, 0) is 85.7 Å². The fraction of sp³-hybridized carbons (Fsp3) is 0.500. The van der Waals surface area contributed by atoms with Crippen LogP contribution < -0.4 is 10.1 Å². The average Bonchev–Trinajstić information content (AvgIpc) is 2.75. The summed E-state index contributed by atoms with van der Waals surface area (Å²) in [5.74, 6) is 1.11. The molecule has 4 nitrogen and oxygen atoms in total. The summed E-state index contributed by atoms with van der Waals surface area (Å²) in [6.45, 7) is 10.9. The molecular weight excluding hydrogens is 391 g/mol. The fourth-order valence-electron chi connectivity index (χ4n) is 4.48. The van der Waals surface area contributed by atoms with Gasteiger partial charge in [0.25, 0.3) is 0 Å². The van der Waals surface area contributed by atoms with Gasteiger partial charge in [-0.15, -0.1) is 0 Å². The van der Waals surface area contributed by atoms with Crippen molar-refractivity contribution >= 4 is 5.91 Å². The molecule has 2 atom stereocenters. The second kappa shape index (κ2) is 10.3. The first-order valence-electron chi connectivity index (χ1n) is 11.2. The number of carbonyl (C=O) groups excluding carboxylic acids is 1. The van der Waals surface area contributed by atoms with Crippen LogP contribution >= 0.6 is 0 Å². The minimum absolute atomic E-state index is 0.0280. The maximum Gasteiger partial charge on any atom is 0.224 e. The first-order valence-corrected chi connectivity index (χ1v) is 11.2. The molecule has 2 unspecified atom stereocenters. The third-order valence-electron chi connectivity index (χ3n) is 6.26. The quantitative estimate of drug-likeness (QED) is 0.648. The zero-order valence-corrected chi connectivity index (χ0v) is 19.4. The van der Waals surface area contributed by atoms with Crippen molar-refractivity contribution in [3.63, 3.8) is 0 Å². The van der Waals surface area contributed by atoms with Gasteiger partial charge < -0.3 is 10.1 Å². The Hall–Kier alpha value is -2.40. The molecular formula is C26H35FN2O2. The summed E-state index contributed by atoms with van der Waals surface area (Å²) in [5.41, 5.74) is 4.49. The van der Waals surface area contributed by atoms with Gasteiger partial charge in [0.1, 0.15) is 11.6 Å². The predicted octanol–water partition coefficient (Wildman–Crippen LogP) is 5.36. The Morgan fingerprint density at radius 2 is 1.90 bits per heavy atom. The lowest BCUT2D eigenvalue weighted by Crippen LogP contribution is -2.43. The second-order valence-electron chi connectivity index (χ2n) is 9.04. The fourth-order valence-corrected chi connectivity index (χ4v) is 4.48. The van der Waals surface area contributed by atoms with E-state index in [0.29, 0.717) is 5.92 Å². The highest BCUT2D eigenvalue weighted by molar-refractivity contribution is 5.79. The van der Waals surface area contributed by atoms with Crippen LogP contribution in [-0.4, -0.2) is 31.0 Å². The molecule has 0 aromatic heterocycles. The summed E-state index contributed by atoms with van der Waals surface area (Å²) in [4.78, 5) is 15.4. The molecule has 1 heterocycles. The predicted molar refractivity (Wildman–Crippen MR) is 123 cm³/mol. The van der Waals surface area contributed by atoms with Crippen molar-refractivity contribution < 1.29 is 13.9 Å². The van der Waals surface area contributed by atoms with Gasteiger partial charge in [0.2, 0.25) is 5.91 Å². The Morgan fingerprint density at radius 3 is 2.55 bits per heavy atom. The highest BCUT2D eigenvalue weighted by atomic mass is 19.1. The van der Waals surface area contributed by atoms with Crippen LogP contribution in [0.4, 0.5) is 4.39 Å². The molecule has 1 saturated heterocycles. The molecule has 0 aliphatic carbocycles. The monoisotopic (exact) mass is 426 g/mol. The van der Waals surface area contributed by atoms with E-state index in [0.717, 1.165) is 60.5 Å². The van der Waals surface area contributed by atoms with E-state index in [1.807, 2.05) is 12.1 Å². The lowest BCUT2D eigenvalue weighted by atomic mass is 9.92. The molecule has 5 heteroatoms. The molecule has 168 valence electrons. The van der Waals surface area contributed by atoms with Gasteiger partial charge >= 0.3 is 0 Å². The lowest BCUT2D eigenvalue weighted by molar-refractivity contribution is -0.127. The zero-order valence-electron chi connectivity index (χ0n) is 19.4. The van der Waals surface area contributed by atoms with E-state index in [1.54, 1.807) is 7.11 Å². The number of carbonyl (C=O) groups is 1. The Kier molecular flexibility index (Phi) is 7.71. The molecule has 0 bridgehead atoms. The van der Waals surface area contributed by atoms with Gasteiger partial charge in [-0.25, -0.2) is 4.39 Å². The molecule has 31 heavy (non-hydrogen) atoms. The van der Waals surface area contributed by atoms with Gasteiger partial charge in [0.15, 0.2) is 0 Å². The number of rotatable bonds is 7.